The molecule has 0 aromatic heterocycles. The molecule has 5 rings (SSSR count). The molecule has 3 aliphatic rings. The number of benzene rings is 2. The van der Waals surface area contributed by atoms with Gasteiger partial charge in [0, 0.05) is 47.6 Å². The van der Waals surface area contributed by atoms with Gasteiger partial charge >= 0.3 is 12.1 Å². The number of carboxylic acid groups (broad SMARTS) is 1. The van der Waals surface area contributed by atoms with Crippen molar-refractivity contribution in [2.75, 3.05) is 32.8 Å². The summed E-state index contributed by atoms with van der Waals surface area (Å²) in [6.07, 6.45) is 9.36. The molecule has 0 spiro atoms. The third-order valence-corrected chi connectivity index (χ3v) is 8.85. The lowest BCUT2D eigenvalue weighted by molar-refractivity contribution is -0.244. The maximum absolute atomic E-state index is 13.3. The van der Waals surface area contributed by atoms with Crippen molar-refractivity contribution in [3.05, 3.63) is 76.8 Å². The predicted molar refractivity (Wildman–Crippen MR) is 161 cm³/mol. The van der Waals surface area contributed by atoms with Crippen LogP contribution in [0, 0.1) is 5.92 Å². The maximum Gasteiger partial charge on any atom is 0.415 e. The van der Waals surface area contributed by atoms with E-state index in [0.29, 0.717) is 49.4 Å². The molecule has 0 aliphatic carbocycles. The van der Waals surface area contributed by atoms with E-state index in [9.17, 15) is 9.59 Å². The summed E-state index contributed by atoms with van der Waals surface area (Å²) in [4.78, 5) is 28.7. The monoisotopic (exact) mass is 596 g/mol. The Balaban J connectivity index is 1.29. The topological polar surface area (TPSA) is 88.5 Å². The highest BCUT2D eigenvalue weighted by Crippen LogP contribution is 2.44. The van der Waals surface area contributed by atoms with Gasteiger partial charge in [0.25, 0.3) is 0 Å². The number of allylic oxidation sites excluding steroid dienone is 2. The van der Waals surface area contributed by atoms with Crippen molar-refractivity contribution in [3.63, 3.8) is 0 Å². The first kappa shape index (κ1) is 30.5. The number of carbonyl (C=O) groups excluding carboxylic acids is 1. The molecule has 0 saturated carbocycles. The lowest BCUT2D eigenvalue weighted by Crippen LogP contribution is -2.48. The van der Waals surface area contributed by atoms with Gasteiger partial charge in [-0.15, -0.1) is 0 Å². The first-order valence-electron chi connectivity index (χ1n) is 15.2. The fraction of sp³-hybridized carbons (Fsp3) is 0.515. The molecule has 42 heavy (non-hydrogen) atoms. The van der Waals surface area contributed by atoms with E-state index in [1.54, 1.807) is 6.07 Å². The molecule has 0 unspecified atom stereocenters. The molecule has 2 aromatic rings. The number of halogens is 1. The summed E-state index contributed by atoms with van der Waals surface area (Å²) in [6.45, 7) is 4.11. The minimum atomic E-state index is -0.823. The van der Waals surface area contributed by atoms with Crippen LogP contribution in [-0.4, -0.2) is 65.8 Å². The number of hydrogen-bond donors (Lipinski definition) is 1. The Morgan fingerprint density at radius 3 is 2.40 bits per heavy atom. The number of amides is 1. The zero-order chi connectivity index (χ0) is 29.3. The molecule has 3 saturated heterocycles. The van der Waals surface area contributed by atoms with Crippen LogP contribution in [0.1, 0.15) is 74.9 Å². The molecule has 226 valence electrons. The number of piperidine rings is 2. The fourth-order valence-electron chi connectivity index (χ4n) is 6.19. The van der Waals surface area contributed by atoms with Crippen LogP contribution in [0.5, 0.6) is 5.75 Å². The number of ether oxygens (including phenoxy) is 3. The van der Waals surface area contributed by atoms with Crippen molar-refractivity contribution in [2.24, 2.45) is 5.92 Å². The van der Waals surface area contributed by atoms with Crippen LogP contribution in [-0.2, 0) is 14.3 Å². The summed E-state index contributed by atoms with van der Waals surface area (Å²) >= 11 is 6.48. The van der Waals surface area contributed by atoms with E-state index in [1.807, 2.05) is 59.5 Å². The Kier molecular flexibility index (Phi) is 10.9. The van der Waals surface area contributed by atoms with Gasteiger partial charge < -0.3 is 29.1 Å². The van der Waals surface area contributed by atoms with Crippen LogP contribution >= 0.6 is 11.6 Å². The summed E-state index contributed by atoms with van der Waals surface area (Å²) in [5.74, 6) is -0.425. The number of para-hydroxylation sites is 1. The molecule has 1 N–H and O–H groups in total. The van der Waals surface area contributed by atoms with Crippen LogP contribution in [0.15, 0.2) is 60.7 Å². The summed E-state index contributed by atoms with van der Waals surface area (Å²) in [6, 6.07) is 15.5. The Morgan fingerprint density at radius 2 is 1.67 bits per heavy atom. The number of hydrogen-bond acceptors (Lipinski definition) is 6. The molecule has 0 radical (unpaired) electrons. The quantitative estimate of drug-likeness (QED) is 0.312. The molecule has 3 atom stereocenters. The summed E-state index contributed by atoms with van der Waals surface area (Å²) in [5.41, 5.74) is 1.52. The highest BCUT2D eigenvalue weighted by molar-refractivity contribution is 6.31. The smallest absolute Gasteiger partial charge is 0.415 e. The number of likely N-dealkylation sites (tertiary alicyclic amines) is 2. The van der Waals surface area contributed by atoms with Crippen LogP contribution < -0.4 is 4.74 Å². The normalized spacial score (nSPS) is 24.1. The van der Waals surface area contributed by atoms with E-state index in [1.165, 1.54) is 32.4 Å². The Labute approximate surface area is 253 Å². The van der Waals surface area contributed by atoms with Gasteiger partial charge in [-0.25, -0.2) is 4.79 Å². The van der Waals surface area contributed by atoms with E-state index in [4.69, 9.17) is 30.9 Å². The van der Waals surface area contributed by atoms with Gasteiger partial charge in [-0.1, -0.05) is 66.6 Å². The maximum atomic E-state index is 13.3. The number of carboxylic acids is 1. The third kappa shape index (κ3) is 7.92. The summed E-state index contributed by atoms with van der Waals surface area (Å²) in [5, 5.41) is 9.51. The van der Waals surface area contributed by atoms with Crippen LogP contribution in [0.4, 0.5) is 4.79 Å². The molecule has 9 heteroatoms. The van der Waals surface area contributed by atoms with E-state index >= 15 is 0 Å². The predicted octanol–water partition coefficient (Wildman–Crippen LogP) is 7.00. The second-order valence-electron chi connectivity index (χ2n) is 11.4. The first-order chi connectivity index (χ1) is 20.5. The minimum absolute atomic E-state index is 0.0787. The largest absolute Gasteiger partial charge is 0.481 e. The van der Waals surface area contributed by atoms with E-state index < -0.39 is 18.4 Å². The van der Waals surface area contributed by atoms with E-state index in [0.717, 1.165) is 24.0 Å². The summed E-state index contributed by atoms with van der Waals surface area (Å²) < 4.78 is 18.7. The average Bonchev–Trinajstić information content (AvgIpc) is 3.02. The Bertz CT molecular complexity index is 1220. The zero-order valence-corrected chi connectivity index (χ0v) is 24.8. The molecule has 3 fully saturated rings. The van der Waals surface area contributed by atoms with Crippen LogP contribution in [0.3, 0.4) is 0 Å². The molecule has 8 nitrogen and oxygen atoms in total. The SMILES string of the molecule is O=C(O)CCC=CC[C@@H]1CO[C@H](c2ccccc2Cl)O[C@@H]1c1ccccc1OC(=O)N1CCC(N2CCCCC2)CC1. The van der Waals surface area contributed by atoms with Gasteiger partial charge in [0.05, 0.1) is 12.7 Å². The van der Waals surface area contributed by atoms with Crippen molar-refractivity contribution in [1.82, 2.24) is 9.80 Å². The van der Waals surface area contributed by atoms with Crippen LogP contribution in [0.2, 0.25) is 5.02 Å². The molecule has 3 aliphatic heterocycles. The average molecular weight is 597 g/mol. The van der Waals surface area contributed by atoms with Crippen LogP contribution in [0.25, 0.3) is 0 Å². The fourth-order valence-corrected chi connectivity index (χ4v) is 6.41. The van der Waals surface area contributed by atoms with Gasteiger partial charge in [0.2, 0.25) is 0 Å². The Hall–Kier alpha value is -2.91. The molecule has 3 heterocycles. The van der Waals surface area contributed by atoms with Crippen molar-refractivity contribution in [1.29, 1.82) is 0 Å². The zero-order valence-electron chi connectivity index (χ0n) is 24.0. The third-order valence-electron chi connectivity index (χ3n) is 8.50. The second kappa shape index (κ2) is 15.0. The van der Waals surface area contributed by atoms with E-state index in [-0.39, 0.29) is 18.4 Å². The molecule has 2 aromatic carbocycles. The van der Waals surface area contributed by atoms with E-state index in [2.05, 4.69) is 4.90 Å². The van der Waals surface area contributed by atoms with Crippen molar-refractivity contribution >= 4 is 23.7 Å². The highest BCUT2D eigenvalue weighted by atomic mass is 35.5. The molecular weight excluding hydrogens is 556 g/mol. The van der Waals surface area contributed by atoms with Gasteiger partial charge in [0.1, 0.15) is 5.75 Å². The number of nitrogens with zero attached hydrogens (tertiary/aromatic N) is 2. The molecular formula is C33H41ClN2O6. The lowest BCUT2D eigenvalue weighted by atomic mass is 9.91. The Morgan fingerprint density at radius 1 is 0.952 bits per heavy atom. The van der Waals surface area contributed by atoms with Crippen molar-refractivity contribution < 1.29 is 28.9 Å². The number of carbonyl (C=O) groups is 2. The number of rotatable bonds is 9. The summed E-state index contributed by atoms with van der Waals surface area (Å²) in [7, 11) is 0. The number of aliphatic carboxylic acids is 1. The van der Waals surface area contributed by atoms with Gasteiger partial charge in [-0.05, 0) is 63.7 Å². The lowest BCUT2D eigenvalue weighted by Gasteiger charge is -2.40. The van der Waals surface area contributed by atoms with Gasteiger partial charge in [-0.2, -0.15) is 0 Å². The standard InChI is InChI=1S/C33H41ClN2O6/c34-28-14-7-5-12-26(28)32-40-23-24(11-3-1-4-16-30(37)38)31(42-32)27-13-6-8-15-29(27)41-33(39)36-21-17-25(18-22-36)35-19-9-2-10-20-35/h1,3,5-8,12-15,24-25,31-32H,2,4,9-11,16-23H2,(H,37,38)/t24-,31+,32+/m1/s1. The first-order valence-corrected chi connectivity index (χ1v) is 15.6. The van der Waals surface area contributed by atoms with Gasteiger partial charge in [-0.3, -0.25) is 4.79 Å². The molecule has 1 amide bonds. The second-order valence-corrected chi connectivity index (χ2v) is 11.8. The van der Waals surface area contributed by atoms with Crippen molar-refractivity contribution in [3.8, 4) is 5.75 Å². The minimum Gasteiger partial charge on any atom is -0.481 e. The van der Waals surface area contributed by atoms with Gasteiger partial charge in [0.15, 0.2) is 6.29 Å². The van der Waals surface area contributed by atoms with Crippen molar-refractivity contribution in [2.45, 2.75) is 69.8 Å². The highest BCUT2D eigenvalue weighted by Gasteiger charge is 2.36. The molecule has 0 bridgehead atoms.